The first-order valence-electron chi connectivity index (χ1n) is 12.3. The molecule has 0 saturated heterocycles. The van der Waals surface area contributed by atoms with Crippen LogP contribution in [0.5, 0.6) is 0 Å². The van der Waals surface area contributed by atoms with E-state index in [-0.39, 0.29) is 24.2 Å². The lowest BCUT2D eigenvalue weighted by Gasteiger charge is -2.37. The first-order valence-corrected chi connectivity index (χ1v) is 12.3. The zero-order valence-corrected chi connectivity index (χ0v) is 20.0. The fourth-order valence-corrected chi connectivity index (χ4v) is 4.85. The van der Waals surface area contributed by atoms with Gasteiger partial charge in [-0.05, 0) is 58.5 Å². The van der Waals surface area contributed by atoms with E-state index >= 15 is 0 Å². The Labute approximate surface area is 211 Å². The number of hydrogen-bond acceptors (Lipinski definition) is 3. The van der Waals surface area contributed by atoms with Gasteiger partial charge in [-0.3, -0.25) is 4.79 Å². The normalized spacial score (nSPS) is 15.7. The van der Waals surface area contributed by atoms with E-state index < -0.39 is 6.10 Å². The number of hydrogen-bond donors (Lipinski definition) is 2. The predicted molar refractivity (Wildman–Crippen MR) is 141 cm³/mol. The van der Waals surface area contributed by atoms with Crippen LogP contribution in [0.2, 0.25) is 0 Å². The lowest BCUT2D eigenvalue weighted by Crippen LogP contribution is -2.51. The molecule has 0 bridgehead atoms. The summed E-state index contributed by atoms with van der Waals surface area (Å²) in [6.07, 6.45) is -0.181. The van der Waals surface area contributed by atoms with Gasteiger partial charge in [-0.25, -0.2) is 4.39 Å². The highest BCUT2D eigenvalue weighted by Gasteiger charge is 2.28. The smallest absolute Gasteiger partial charge is 0.249 e. The van der Waals surface area contributed by atoms with Crippen molar-refractivity contribution in [2.24, 2.45) is 0 Å². The number of nitrogens with one attached hydrogen (secondary N) is 1. The van der Waals surface area contributed by atoms with Crippen molar-refractivity contribution in [1.82, 2.24) is 5.32 Å². The highest BCUT2D eigenvalue weighted by molar-refractivity contribution is 5.81. The molecule has 0 fully saturated rings. The van der Waals surface area contributed by atoms with Gasteiger partial charge >= 0.3 is 0 Å². The van der Waals surface area contributed by atoms with Gasteiger partial charge in [-0.15, -0.1) is 0 Å². The van der Waals surface area contributed by atoms with Gasteiger partial charge in [-0.2, -0.15) is 0 Å². The molecular formula is C31H29FN2O2. The number of benzene rings is 4. The molecular weight excluding hydrogens is 451 g/mol. The molecule has 36 heavy (non-hydrogen) atoms. The molecule has 182 valence electrons. The third kappa shape index (κ3) is 5.64. The van der Waals surface area contributed by atoms with Crippen molar-refractivity contribution in [2.45, 2.75) is 31.5 Å². The summed E-state index contributed by atoms with van der Waals surface area (Å²) in [5.41, 5.74) is 6.29. The van der Waals surface area contributed by atoms with Crippen LogP contribution in [0, 0.1) is 5.82 Å². The van der Waals surface area contributed by atoms with Crippen molar-refractivity contribution in [3.8, 4) is 11.1 Å². The minimum absolute atomic E-state index is 0.150. The summed E-state index contributed by atoms with van der Waals surface area (Å²) >= 11 is 0. The lowest BCUT2D eigenvalue weighted by atomic mass is 9.93. The SMILES string of the molecule is O=C(N[C@@H]1Cc2cc(-c3ccc(F)cc3)ccc2N(Cc2ccccc2)C1)[C@H](O)Cc1ccccc1. The summed E-state index contributed by atoms with van der Waals surface area (Å²) in [4.78, 5) is 15.2. The van der Waals surface area contributed by atoms with Crippen LogP contribution < -0.4 is 10.2 Å². The van der Waals surface area contributed by atoms with Crippen LogP contribution in [0.1, 0.15) is 16.7 Å². The fourth-order valence-electron chi connectivity index (χ4n) is 4.85. The molecule has 1 heterocycles. The molecule has 1 aliphatic rings. The summed E-state index contributed by atoms with van der Waals surface area (Å²) in [7, 11) is 0. The largest absolute Gasteiger partial charge is 0.383 e. The van der Waals surface area contributed by atoms with Gasteiger partial charge in [0.2, 0.25) is 5.91 Å². The molecule has 1 amide bonds. The zero-order valence-electron chi connectivity index (χ0n) is 20.0. The van der Waals surface area contributed by atoms with Gasteiger partial charge in [0.05, 0.1) is 6.04 Å². The maximum Gasteiger partial charge on any atom is 0.249 e. The number of carbonyl (C=O) groups is 1. The van der Waals surface area contributed by atoms with Gasteiger partial charge in [0, 0.05) is 25.2 Å². The Morgan fingerprint density at radius 2 is 1.53 bits per heavy atom. The highest BCUT2D eigenvalue weighted by atomic mass is 19.1. The van der Waals surface area contributed by atoms with Gasteiger partial charge in [-0.1, -0.05) is 78.9 Å². The van der Waals surface area contributed by atoms with Crippen molar-refractivity contribution >= 4 is 11.6 Å². The molecule has 1 aliphatic heterocycles. The summed E-state index contributed by atoms with van der Waals surface area (Å²) < 4.78 is 13.4. The minimum Gasteiger partial charge on any atom is -0.383 e. The predicted octanol–water partition coefficient (Wildman–Crippen LogP) is 5.14. The molecule has 2 N–H and O–H groups in total. The summed E-state index contributed by atoms with van der Waals surface area (Å²) in [5.74, 6) is -0.621. The molecule has 4 aromatic rings. The summed E-state index contributed by atoms with van der Waals surface area (Å²) in [6.45, 7) is 1.35. The molecule has 4 aromatic carbocycles. The maximum atomic E-state index is 13.4. The second-order valence-corrected chi connectivity index (χ2v) is 9.33. The Hall–Kier alpha value is -3.96. The Balaban J connectivity index is 1.38. The highest BCUT2D eigenvalue weighted by Crippen LogP contribution is 2.33. The standard InChI is InChI=1S/C31H29FN2O2/c32-27-14-11-24(12-15-27)25-13-16-29-26(18-25)19-28(21-34(29)20-23-9-5-2-6-10-23)33-31(36)30(35)17-22-7-3-1-4-8-22/h1-16,18,28,30,35H,17,19-21H2,(H,33,36)/t28-,30-/m1/s1. The van der Waals surface area contributed by atoms with Crippen LogP contribution in [0.3, 0.4) is 0 Å². The third-order valence-corrected chi connectivity index (χ3v) is 6.64. The van der Waals surface area contributed by atoms with E-state index in [1.807, 2.05) is 48.5 Å². The quantitative estimate of drug-likeness (QED) is 0.385. The molecule has 5 heteroatoms. The average molecular weight is 481 g/mol. The van der Waals surface area contributed by atoms with Crippen molar-refractivity contribution in [3.63, 3.8) is 0 Å². The fraction of sp³-hybridized carbons (Fsp3) is 0.194. The molecule has 4 nitrogen and oxygen atoms in total. The second-order valence-electron chi connectivity index (χ2n) is 9.33. The number of nitrogens with zero attached hydrogens (tertiary/aromatic N) is 1. The van der Waals surface area contributed by atoms with E-state index in [2.05, 4.69) is 40.5 Å². The average Bonchev–Trinajstić information content (AvgIpc) is 2.90. The Bertz CT molecular complexity index is 1310. The monoisotopic (exact) mass is 480 g/mol. The number of anilines is 1. The van der Waals surface area contributed by atoms with E-state index in [0.717, 1.165) is 27.9 Å². The van der Waals surface area contributed by atoms with Crippen LogP contribution in [-0.2, 0) is 24.2 Å². The molecule has 5 rings (SSSR count). The zero-order chi connectivity index (χ0) is 24.9. The van der Waals surface area contributed by atoms with Crippen molar-refractivity contribution in [1.29, 1.82) is 0 Å². The first kappa shape index (κ1) is 23.8. The van der Waals surface area contributed by atoms with E-state index in [0.29, 0.717) is 19.5 Å². The molecule has 0 radical (unpaired) electrons. The Morgan fingerprint density at radius 1 is 0.889 bits per heavy atom. The third-order valence-electron chi connectivity index (χ3n) is 6.64. The molecule has 0 spiro atoms. The molecule has 0 unspecified atom stereocenters. The van der Waals surface area contributed by atoms with Crippen LogP contribution in [0.4, 0.5) is 10.1 Å². The van der Waals surface area contributed by atoms with E-state index in [1.165, 1.54) is 17.7 Å². The van der Waals surface area contributed by atoms with E-state index in [4.69, 9.17) is 0 Å². The summed E-state index contributed by atoms with van der Waals surface area (Å²) in [6, 6.07) is 32.4. The van der Waals surface area contributed by atoms with Crippen LogP contribution in [0.15, 0.2) is 103 Å². The van der Waals surface area contributed by atoms with Crippen molar-refractivity contribution in [3.05, 3.63) is 126 Å². The first-order chi connectivity index (χ1) is 17.5. The van der Waals surface area contributed by atoms with Crippen molar-refractivity contribution in [2.75, 3.05) is 11.4 Å². The number of aliphatic hydroxyl groups excluding tert-OH is 1. The molecule has 0 saturated carbocycles. The van der Waals surface area contributed by atoms with Crippen LogP contribution in [0.25, 0.3) is 11.1 Å². The summed E-state index contributed by atoms with van der Waals surface area (Å²) in [5, 5.41) is 13.6. The number of aliphatic hydroxyl groups is 1. The van der Waals surface area contributed by atoms with Gasteiger partial charge in [0.1, 0.15) is 11.9 Å². The lowest BCUT2D eigenvalue weighted by molar-refractivity contribution is -0.129. The van der Waals surface area contributed by atoms with Crippen LogP contribution >= 0.6 is 0 Å². The van der Waals surface area contributed by atoms with Gasteiger partial charge < -0.3 is 15.3 Å². The van der Waals surface area contributed by atoms with Crippen molar-refractivity contribution < 1.29 is 14.3 Å². The number of amides is 1. The molecule has 0 aliphatic carbocycles. The number of rotatable bonds is 7. The molecule has 2 atom stereocenters. The maximum absolute atomic E-state index is 13.4. The van der Waals surface area contributed by atoms with Gasteiger partial charge in [0.15, 0.2) is 0 Å². The number of carbonyl (C=O) groups excluding carboxylic acids is 1. The Kier molecular flexibility index (Phi) is 7.10. The van der Waals surface area contributed by atoms with E-state index in [9.17, 15) is 14.3 Å². The topological polar surface area (TPSA) is 52.6 Å². The van der Waals surface area contributed by atoms with E-state index in [1.54, 1.807) is 12.1 Å². The van der Waals surface area contributed by atoms with Gasteiger partial charge in [0.25, 0.3) is 0 Å². The Morgan fingerprint density at radius 3 is 2.22 bits per heavy atom. The minimum atomic E-state index is -1.11. The number of halogens is 1. The second kappa shape index (κ2) is 10.8. The molecule has 0 aromatic heterocycles. The van der Waals surface area contributed by atoms with Crippen LogP contribution in [-0.4, -0.2) is 29.7 Å². The number of fused-ring (bicyclic) bond motifs is 1.